The molecular formula is C13H12N2O. The molecule has 0 radical (unpaired) electrons. The van der Waals surface area contributed by atoms with Gasteiger partial charge in [0.25, 0.3) is 0 Å². The molecule has 1 aromatic rings. The minimum absolute atomic E-state index is 0.389. The van der Waals surface area contributed by atoms with Crippen molar-refractivity contribution >= 4 is 0 Å². The van der Waals surface area contributed by atoms with Gasteiger partial charge in [0.15, 0.2) is 0 Å². The number of para-hydroxylation sites is 1. The summed E-state index contributed by atoms with van der Waals surface area (Å²) in [6.45, 7) is 3.99. The lowest BCUT2D eigenvalue weighted by Gasteiger charge is -2.09. The lowest BCUT2D eigenvalue weighted by Crippen LogP contribution is -2.02. The highest BCUT2D eigenvalue weighted by Gasteiger charge is 2.10. The molecule has 0 spiro atoms. The van der Waals surface area contributed by atoms with Crippen LogP contribution in [-0.4, -0.2) is 6.61 Å². The van der Waals surface area contributed by atoms with Gasteiger partial charge in [-0.1, -0.05) is 30.9 Å². The molecule has 0 aliphatic rings. The van der Waals surface area contributed by atoms with Gasteiger partial charge in [0.2, 0.25) is 0 Å². The summed E-state index contributed by atoms with van der Waals surface area (Å²) in [5.74, 6) is 0.0754. The monoisotopic (exact) mass is 212 g/mol. The molecule has 0 fully saturated rings. The van der Waals surface area contributed by atoms with Crippen LogP contribution in [0.4, 0.5) is 0 Å². The molecule has 0 unspecified atom stereocenters. The van der Waals surface area contributed by atoms with E-state index in [1.54, 1.807) is 6.08 Å². The molecular weight excluding hydrogens is 200 g/mol. The molecule has 0 amide bonds. The number of ether oxygens (including phenoxy) is 1. The molecule has 0 heterocycles. The summed E-state index contributed by atoms with van der Waals surface area (Å²) in [6.07, 6.45) is 2.04. The van der Waals surface area contributed by atoms with Crippen LogP contribution in [0.2, 0.25) is 0 Å². The Morgan fingerprint density at radius 1 is 1.31 bits per heavy atom. The second-order valence-corrected chi connectivity index (χ2v) is 3.22. The van der Waals surface area contributed by atoms with Crippen molar-refractivity contribution < 1.29 is 4.74 Å². The van der Waals surface area contributed by atoms with Crippen molar-refractivity contribution in [3.8, 4) is 17.9 Å². The fraction of sp³-hybridized carbons (Fsp3) is 0.231. The van der Waals surface area contributed by atoms with Crippen molar-refractivity contribution in [2.75, 3.05) is 6.61 Å². The predicted octanol–water partition coefficient (Wildman–Crippen LogP) is 2.46. The average molecular weight is 212 g/mol. The Balaban J connectivity index is 2.83. The molecule has 0 aliphatic heterocycles. The van der Waals surface area contributed by atoms with E-state index in [2.05, 4.69) is 6.58 Å². The highest BCUT2D eigenvalue weighted by Crippen LogP contribution is 2.21. The molecule has 0 aliphatic carbocycles. The maximum atomic E-state index is 8.72. The lowest BCUT2D eigenvalue weighted by molar-refractivity contribution is 0.358. The Morgan fingerprint density at radius 3 is 2.62 bits per heavy atom. The van der Waals surface area contributed by atoms with Gasteiger partial charge in [-0.3, -0.25) is 0 Å². The largest absolute Gasteiger partial charge is 0.489 e. The minimum atomic E-state index is -0.631. The van der Waals surface area contributed by atoms with Crippen LogP contribution in [-0.2, 0) is 6.42 Å². The Kier molecular flexibility index (Phi) is 4.63. The summed E-state index contributed by atoms with van der Waals surface area (Å²) < 4.78 is 5.44. The highest BCUT2D eigenvalue weighted by molar-refractivity contribution is 5.35. The van der Waals surface area contributed by atoms with Crippen LogP contribution in [0.3, 0.4) is 0 Å². The fourth-order valence-corrected chi connectivity index (χ4v) is 1.30. The van der Waals surface area contributed by atoms with E-state index in [0.29, 0.717) is 18.8 Å². The van der Waals surface area contributed by atoms with Crippen LogP contribution in [0, 0.1) is 28.6 Å². The summed E-state index contributed by atoms with van der Waals surface area (Å²) in [5, 5.41) is 17.4. The third-order valence-corrected chi connectivity index (χ3v) is 2.07. The Morgan fingerprint density at radius 2 is 2.00 bits per heavy atom. The van der Waals surface area contributed by atoms with E-state index in [1.165, 1.54) is 0 Å². The average Bonchev–Trinajstić information content (AvgIpc) is 2.34. The number of rotatable bonds is 5. The van der Waals surface area contributed by atoms with Crippen molar-refractivity contribution in [3.05, 3.63) is 42.5 Å². The highest BCUT2D eigenvalue weighted by atomic mass is 16.5. The predicted molar refractivity (Wildman–Crippen MR) is 60.6 cm³/mol. The van der Waals surface area contributed by atoms with Gasteiger partial charge in [0.1, 0.15) is 18.3 Å². The maximum Gasteiger partial charge on any atom is 0.137 e. The van der Waals surface area contributed by atoms with E-state index in [1.807, 2.05) is 36.4 Å². The number of nitriles is 2. The van der Waals surface area contributed by atoms with Crippen molar-refractivity contribution in [1.82, 2.24) is 0 Å². The van der Waals surface area contributed by atoms with Gasteiger partial charge in [-0.2, -0.15) is 10.5 Å². The van der Waals surface area contributed by atoms with Gasteiger partial charge >= 0.3 is 0 Å². The van der Waals surface area contributed by atoms with E-state index < -0.39 is 5.92 Å². The fourth-order valence-electron chi connectivity index (χ4n) is 1.30. The third kappa shape index (κ3) is 3.15. The normalized spacial score (nSPS) is 9.19. The molecule has 0 aromatic heterocycles. The van der Waals surface area contributed by atoms with Crippen LogP contribution in [0.5, 0.6) is 5.75 Å². The summed E-state index contributed by atoms with van der Waals surface area (Å²) in [5.41, 5.74) is 0.873. The van der Waals surface area contributed by atoms with E-state index in [4.69, 9.17) is 15.3 Å². The van der Waals surface area contributed by atoms with Crippen molar-refractivity contribution in [1.29, 1.82) is 10.5 Å². The standard InChI is InChI=1S/C13H12N2O/c1-2-7-16-13-6-4-3-5-12(13)8-11(9-14)10-15/h2-6,11H,1,7-8H2. The quantitative estimate of drug-likeness (QED) is 0.704. The summed E-state index contributed by atoms with van der Waals surface area (Å²) in [4.78, 5) is 0. The number of benzene rings is 1. The van der Waals surface area contributed by atoms with Crippen LogP contribution < -0.4 is 4.74 Å². The maximum absolute atomic E-state index is 8.72. The van der Waals surface area contributed by atoms with Gasteiger partial charge < -0.3 is 4.74 Å². The van der Waals surface area contributed by atoms with Crippen LogP contribution >= 0.6 is 0 Å². The molecule has 1 aromatic carbocycles. The van der Waals surface area contributed by atoms with Crippen molar-refractivity contribution in [2.45, 2.75) is 6.42 Å². The summed E-state index contributed by atoms with van der Waals surface area (Å²) in [7, 11) is 0. The zero-order valence-electron chi connectivity index (χ0n) is 8.89. The number of hydrogen-bond donors (Lipinski definition) is 0. The molecule has 0 N–H and O–H groups in total. The molecule has 16 heavy (non-hydrogen) atoms. The van der Waals surface area contributed by atoms with Crippen LogP contribution in [0.15, 0.2) is 36.9 Å². The Bertz CT molecular complexity index is 426. The van der Waals surface area contributed by atoms with Crippen LogP contribution in [0.1, 0.15) is 5.56 Å². The zero-order valence-corrected chi connectivity index (χ0v) is 8.89. The minimum Gasteiger partial charge on any atom is -0.489 e. The second kappa shape index (κ2) is 6.27. The molecule has 3 nitrogen and oxygen atoms in total. The Labute approximate surface area is 95.2 Å². The topological polar surface area (TPSA) is 56.8 Å². The molecule has 0 saturated heterocycles. The van der Waals surface area contributed by atoms with Gasteiger partial charge in [0.05, 0.1) is 12.1 Å². The smallest absolute Gasteiger partial charge is 0.137 e. The first-order valence-electron chi connectivity index (χ1n) is 4.92. The van der Waals surface area contributed by atoms with Crippen molar-refractivity contribution in [2.24, 2.45) is 5.92 Å². The first kappa shape index (κ1) is 11.8. The SMILES string of the molecule is C=CCOc1ccccc1CC(C#N)C#N. The first-order valence-corrected chi connectivity index (χ1v) is 4.92. The van der Waals surface area contributed by atoms with Crippen LogP contribution in [0.25, 0.3) is 0 Å². The molecule has 80 valence electrons. The van der Waals surface area contributed by atoms with Crippen molar-refractivity contribution in [3.63, 3.8) is 0 Å². The van der Waals surface area contributed by atoms with E-state index in [-0.39, 0.29) is 0 Å². The third-order valence-electron chi connectivity index (χ3n) is 2.07. The van der Waals surface area contributed by atoms with Gasteiger partial charge in [-0.25, -0.2) is 0 Å². The molecule has 3 heteroatoms. The van der Waals surface area contributed by atoms with Gasteiger partial charge in [-0.15, -0.1) is 0 Å². The van der Waals surface area contributed by atoms with E-state index >= 15 is 0 Å². The van der Waals surface area contributed by atoms with Gasteiger partial charge in [0, 0.05) is 6.42 Å². The first-order chi connectivity index (χ1) is 7.81. The molecule has 0 saturated carbocycles. The second-order valence-electron chi connectivity index (χ2n) is 3.22. The van der Waals surface area contributed by atoms with Gasteiger partial charge in [-0.05, 0) is 11.6 Å². The molecule has 0 atom stereocenters. The molecule has 1 rings (SSSR count). The lowest BCUT2D eigenvalue weighted by atomic mass is 10.0. The zero-order chi connectivity index (χ0) is 11.8. The number of nitrogens with zero attached hydrogens (tertiary/aromatic N) is 2. The number of hydrogen-bond acceptors (Lipinski definition) is 3. The van der Waals surface area contributed by atoms with E-state index in [0.717, 1.165) is 5.56 Å². The summed E-state index contributed by atoms with van der Waals surface area (Å²) >= 11 is 0. The Hall–Kier alpha value is -2.26. The molecule has 0 bridgehead atoms. The summed E-state index contributed by atoms with van der Waals surface area (Å²) in [6, 6.07) is 11.3. The van der Waals surface area contributed by atoms with E-state index in [9.17, 15) is 0 Å².